The first-order valence-electron chi connectivity index (χ1n) is 4.25. The van der Waals surface area contributed by atoms with E-state index in [0.29, 0.717) is 11.8 Å². The Labute approximate surface area is 69.6 Å². The van der Waals surface area contributed by atoms with Crippen molar-refractivity contribution in [2.75, 3.05) is 13.7 Å². The molecule has 0 aromatic heterocycles. The van der Waals surface area contributed by atoms with E-state index in [1.807, 2.05) is 13.8 Å². The largest absolute Gasteiger partial charge is 0.393 e. The minimum Gasteiger partial charge on any atom is -0.393 e. The number of rotatable bonds is 5. The van der Waals surface area contributed by atoms with Crippen LogP contribution >= 0.6 is 0 Å². The van der Waals surface area contributed by atoms with Gasteiger partial charge in [0.25, 0.3) is 0 Å². The molecule has 0 fully saturated rings. The van der Waals surface area contributed by atoms with Gasteiger partial charge in [0.15, 0.2) is 0 Å². The molecule has 0 saturated heterocycles. The van der Waals surface area contributed by atoms with Gasteiger partial charge < -0.3 is 9.84 Å². The van der Waals surface area contributed by atoms with E-state index in [1.165, 1.54) is 0 Å². The van der Waals surface area contributed by atoms with E-state index >= 15 is 0 Å². The number of ether oxygens (including phenoxy) is 1. The fourth-order valence-electron chi connectivity index (χ4n) is 1.04. The van der Waals surface area contributed by atoms with Crippen molar-refractivity contribution < 1.29 is 9.84 Å². The van der Waals surface area contributed by atoms with Crippen LogP contribution < -0.4 is 0 Å². The SMILES string of the molecule is COCC(C)CC(O)C(C)C. The predicted octanol–water partition coefficient (Wildman–Crippen LogP) is 1.68. The molecule has 68 valence electrons. The minimum absolute atomic E-state index is 0.180. The van der Waals surface area contributed by atoms with Crippen molar-refractivity contribution >= 4 is 0 Å². The summed E-state index contributed by atoms with van der Waals surface area (Å²) in [5, 5.41) is 9.47. The van der Waals surface area contributed by atoms with Crippen molar-refractivity contribution in [1.29, 1.82) is 0 Å². The number of hydrogen-bond acceptors (Lipinski definition) is 2. The van der Waals surface area contributed by atoms with Crippen molar-refractivity contribution in [1.82, 2.24) is 0 Å². The molecule has 2 heteroatoms. The Morgan fingerprint density at radius 3 is 2.18 bits per heavy atom. The van der Waals surface area contributed by atoms with E-state index < -0.39 is 0 Å². The van der Waals surface area contributed by atoms with Gasteiger partial charge in [0, 0.05) is 13.7 Å². The van der Waals surface area contributed by atoms with Crippen LogP contribution in [0.5, 0.6) is 0 Å². The zero-order chi connectivity index (χ0) is 8.85. The van der Waals surface area contributed by atoms with E-state index in [4.69, 9.17) is 4.74 Å². The van der Waals surface area contributed by atoms with Gasteiger partial charge in [-0.2, -0.15) is 0 Å². The van der Waals surface area contributed by atoms with Crippen LogP contribution in [0.2, 0.25) is 0 Å². The van der Waals surface area contributed by atoms with Gasteiger partial charge in [-0.15, -0.1) is 0 Å². The Bertz CT molecular complexity index is 91.6. The summed E-state index contributed by atoms with van der Waals surface area (Å²) in [6, 6.07) is 0. The monoisotopic (exact) mass is 160 g/mol. The molecule has 2 atom stereocenters. The quantitative estimate of drug-likeness (QED) is 0.663. The third-order valence-electron chi connectivity index (χ3n) is 1.86. The van der Waals surface area contributed by atoms with E-state index in [0.717, 1.165) is 13.0 Å². The van der Waals surface area contributed by atoms with Gasteiger partial charge in [-0.1, -0.05) is 20.8 Å². The maximum Gasteiger partial charge on any atom is 0.0566 e. The number of aliphatic hydroxyl groups is 1. The van der Waals surface area contributed by atoms with Gasteiger partial charge in [-0.3, -0.25) is 0 Å². The van der Waals surface area contributed by atoms with Gasteiger partial charge in [-0.05, 0) is 18.3 Å². The van der Waals surface area contributed by atoms with Crippen molar-refractivity contribution in [2.45, 2.75) is 33.3 Å². The molecule has 0 rings (SSSR count). The number of aliphatic hydroxyl groups excluding tert-OH is 1. The molecule has 0 radical (unpaired) electrons. The van der Waals surface area contributed by atoms with Crippen molar-refractivity contribution in [3.05, 3.63) is 0 Å². The second-order valence-corrected chi connectivity index (χ2v) is 3.61. The lowest BCUT2D eigenvalue weighted by Gasteiger charge is -2.18. The summed E-state index contributed by atoms with van der Waals surface area (Å²) in [6.07, 6.45) is 0.658. The topological polar surface area (TPSA) is 29.5 Å². The van der Waals surface area contributed by atoms with Crippen LogP contribution in [0.25, 0.3) is 0 Å². The van der Waals surface area contributed by atoms with Gasteiger partial charge in [-0.25, -0.2) is 0 Å². The molecule has 0 aromatic rings. The van der Waals surface area contributed by atoms with Gasteiger partial charge >= 0.3 is 0 Å². The molecule has 0 aliphatic rings. The zero-order valence-electron chi connectivity index (χ0n) is 8.00. The molecule has 2 nitrogen and oxygen atoms in total. The molecule has 0 heterocycles. The standard InChI is InChI=1S/C9H20O2/c1-7(2)9(10)5-8(3)6-11-4/h7-10H,5-6H2,1-4H3. The highest BCUT2D eigenvalue weighted by molar-refractivity contribution is 4.63. The third-order valence-corrected chi connectivity index (χ3v) is 1.86. The number of methoxy groups -OCH3 is 1. The average molecular weight is 160 g/mol. The summed E-state index contributed by atoms with van der Waals surface area (Å²) in [5.41, 5.74) is 0. The van der Waals surface area contributed by atoms with Crippen molar-refractivity contribution in [2.24, 2.45) is 11.8 Å². The molecule has 0 aromatic carbocycles. The Balaban J connectivity index is 3.48. The lowest BCUT2D eigenvalue weighted by Crippen LogP contribution is -2.20. The van der Waals surface area contributed by atoms with E-state index in [9.17, 15) is 5.11 Å². The molecular weight excluding hydrogens is 140 g/mol. The smallest absolute Gasteiger partial charge is 0.0566 e. The summed E-state index contributed by atoms with van der Waals surface area (Å²) < 4.78 is 4.97. The normalized spacial score (nSPS) is 16.9. The highest BCUT2D eigenvalue weighted by atomic mass is 16.5. The Morgan fingerprint density at radius 2 is 1.82 bits per heavy atom. The third kappa shape index (κ3) is 5.22. The summed E-state index contributed by atoms with van der Waals surface area (Å²) in [5.74, 6) is 0.812. The van der Waals surface area contributed by atoms with Crippen LogP contribution in [0.4, 0.5) is 0 Å². The minimum atomic E-state index is -0.180. The summed E-state index contributed by atoms with van der Waals surface area (Å²) in [7, 11) is 1.69. The van der Waals surface area contributed by atoms with Gasteiger partial charge in [0.05, 0.1) is 6.10 Å². The van der Waals surface area contributed by atoms with E-state index in [-0.39, 0.29) is 6.10 Å². The van der Waals surface area contributed by atoms with Crippen LogP contribution in [0.1, 0.15) is 27.2 Å². The van der Waals surface area contributed by atoms with Crippen LogP contribution in [0.15, 0.2) is 0 Å². The lowest BCUT2D eigenvalue weighted by atomic mass is 9.97. The second-order valence-electron chi connectivity index (χ2n) is 3.61. The molecule has 0 saturated carbocycles. The van der Waals surface area contributed by atoms with E-state index in [1.54, 1.807) is 7.11 Å². The Kier molecular flexibility index (Phi) is 5.51. The maximum atomic E-state index is 9.47. The van der Waals surface area contributed by atoms with Gasteiger partial charge in [0.1, 0.15) is 0 Å². The first-order chi connectivity index (χ1) is 5.07. The molecule has 0 amide bonds. The average Bonchev–Trinajstić information content (AvgIpc) is 1.87. The molecule has 0 bridgehead atoms. The first-order valence-corrected chi connectivity index (χ1v) is 4.25. The Hall–Kier alpha value is -0.0800. The maximum absolute atomic E-state index is 9.47. The summed E-state index contributed by atoms with van der Waals surface area (Å²) >= 11 is 0. The highest BCUT2D eigenvalue weighted by Crippen LogP contribution is 2.12. The lowest BCUT2D eigenvalue weighted by molar-refractivity contribution is 0.0737. The summed E-state index contributed by atoms with van der Waals surface area (Å²) in [6.45, 7) is 6.90. The molecule has 11 heavy (non-hydrogen) atoms. The van der Waals surface area contributed by atoms with Gasteiger partial charge in [0.2, 0.25) is 0 Å². The molecule has 0 aliphatic carbocycles. The molecule has 0 aliphatic heterocycles. The molecule has 1 N–H and O–H groups in total. The second kappa shape index (κ2) is 5.56. The molecule has 0 spiro atoms. The predicted molar refractivity (Wildman–Crippen MR) is 46.5 cm³/mol. The fourth-order valence-corrected chi connectivity index (χ4v) is 1.04. The van der Waals surface area contributed by atoms with Crippen LogP contribution in [-0.2, 0) is 4.74 Å². The first kappa shape index (κ1) is 10.9. The van der Waals surface area contributed by atoms with Crippen molar-refractivity contribution in [3.63, 3.8) is 0 Å². The molecule has 2 unspecified atom stereocenters. The Morgan fingerprint density at radius 1 is 1.27 bits per heavy atom. The highest BCUT2D eigenvalue weighted by Gasteiger charge is 2.12. The van der Waals surface area contributed by atoms with Crippen molar-refractivity contribution in [3.8, 4) is 0 Å². The van der Waals surface area contributed by atoms with E-state index in [2.05, 4.69) is 6.92 Å². The number of hydrogen-bond donors (Lipinski definition) is 1. The van der Waals surface area contributed by atoms with Crippen LogP contribution in [-0.4, -0.2) is 24.9 Å². The summed E-state index contributed by atoms with van der Waals surface area (Å²) in [4.78, 5) is 0. The van der Waals surface area contributed by atoms with Crippen LogP contribution in [0.3, 0.4) is 0 Å². The fraction of sp³-hybridized carbons (Fsp3) is 1.00. The zero-order valence-corrected chi connectivity index (χ0v) is 8.00. The molecular formula is C9H20O2. The van der Waals surface area contributed by atoms with Crippen LogP contribution in [0, 0.1) is 11.8 Å².